The Kier molecular flexibility index (Phi) is 3.76. The first kappa shape index (κ1) is 9.75. The summed E-state index contributed by atoms with van der Waals surface area (Å²) in [4.78, 5) is 0. The zero-order chi connectivity index (χ0) is 8.97. The summed E-state index contributed by atoms with van der Waals surface area (Å²) in [7, 11) is 0. The molecule has 70 valence electrons. The van der Waals surface area contributed by atoms with Crippen LogP contribution >= 0.6 is 0 Å². The van der Waals surface area contributed by atoms with Crippen LogP contribution in [0.25, 0.3) is 0 Å². The maximum atomic E-state index is 5.42. The summed E-state index contributed by atoms with van der Waals surface area (Å²) in [5.74, 6) is 0. The van der Waals surface area contributed by atoms with Crippen LogP contribution in [0.2, 0.25) is 0 Å². The van der Waals surface area contributed by atoms with Gasteiger partial charge in [-0.15, -0.1) is 0 Å². The molecule has 2 heteroatoms. The Hall–Kier alpha value is -0.340. The van der Waals surface area contributed by atoms with Crippen LogP contribution in [0.15, 0.2) is 12.2 Å². The maximum absolute atomic E-state index is 5.42. The van der Waals surface area contributed by atoms with Crippen LogP contribution in [-0.2, 0) is 4.74 Å². The lowest BCUT2D eigenvalue weighted by molar-refractivity contribution is 0.0964. The number of hydrogen-bond donors (Lipinski definition) is 1. The molecular formula is C10H19NO. The Bertz CT molecular complexity index is 142. The van der Waals surface area contributed by atoms with E-state index in [2.05, 4.69) is 11.9 Å². The van der Waals surface area contributed by atoms with Crippen molar-refractivity contribution in [3.63, 3.8) is 0 Å². The third-order valence-corrected chi connectivity index (χ3v) is 1.84. The first-order valence-corrected chi connectivity index (χ1v) is 4.70. The Morgan fingerprint density at radius 1 is 1.58 bits per heavy atom. The minimum absolute atomic E-state index is 0.308. The lowest BCUT2D eigenvalue weighted by Gasteiger charge is -2.10. The van der Waals surface area contributed by atoms with Crippen LogP contribution in [0.3, 0.4) is 0 Å². The van der Waals surface area contributed by atoms with Crippen LogP contribution in [0, 0.1) is 0 Å². The number of hydrogen-bond acceptors (Lipinski definition) is 2. The summed E-state index contributed by atoms with van der Waals surface area (Å²) in [5.41, 5.74) is 1.15. The van der Waals surface area contributed by atoms with Crippen LogP contribution in [0.1, 0.15) is 26.7 Å². The monoisotopic (exact) mass is 169 g/mol. The predicted octanol–water partition coefficient (Wildman–Crippen LogP) is 1.72. The SMILES string of the molecule is C=C(CNC1CC1)COC(C)C. The van der Waals surface area contributed by atoms with E-state index in [1.54, 1.807) is 0 Å². The van der Waals surface area contributed by atoms with Crippen molar-refractivity contribution in [2.45, 2.75) is 38.8 Å². The Labute approximate surface area is 75.0 Å². The summed E-state index contributed by atoms with van der Waals surface area (Å²) < 4.78 is 5.42. The van der Waals surface area contributed by atoms with E-state index in [-0.39, 0.29) is 0 Å². The van der Waals surface area contributed by atoms with Gasteiger partial charge in [-0.1, -0.05) is 6.58 Å². The molecule has 0 aromatic heterocycles. The fourth-order valence-corrected chi connectivity index (χ4v) is 0.912. The molecule has 0 aliphatic heterocycles. The standard InChI is InChI=1S/C10H19NO/c1-8(2)12-7-9(3)6-11-10-4-5-10/h8,10-11H,3-7H2,1-2H3. The first-order chi connectivity index (χ1) is 5.68. The van der Waals surface area contributed by atoms with Gasteiger partial charge in [0.2, 0.25) is 0 Å². The predicted molar refractivity (Wildman–Crippen MR) is 51.3 cm³/mol. The average molecular weight is 169 g/mol. The van der Waals surface area contributed by atoms with E-state index < -0.39 is 0 Å². The van der Waals surface area contributed by atoms with Crippen molar-refractivity contribution in [1.29, 1.82) is 0 Å². The number of nitrogens with one attached hydrogen (secondary N) is 1. The lowest BCUT2D eigenvalue weighted by Crippen LogP contribution is -2.21. The highest BCUT2D eigenvalue weighted by Crippen LogP contribution is 2.18. The molecule has 1 fully saturated rings. The van der Waals surface area contributed by atoms with Crippen LogP contribution in [0.5, 0.6) is 0 Å². The molecule has 0 radical (unpaired) electrons. The molecule has 1 saturated carbocycles. The highest BCUT2D eigenvalue weighted by atomic mass is 16.5. The van der Waals surface area contributed by atoms with Gasteiger partial charge in [-0.05, 0) is 32.3 Å². The molecule has 0 unspecified atom stereocenters. The van der Waals surface area contributed by atoms with Gasteiger partial charge in [-0.3, -0.25) is 0 Å². The molecule has 0 atom stereocenters. The van der Waals surface area contributed by atoms with Gasteiger partial charge in [-0.2, -0.15) is 0 Å². The van der Waals surface area contributed by atoms with Crippen LogP contribution < -0.4 is 5.32 Å². The second-order valence-corrected chi connectivity index (χ2v) is 3.76. The van der Waals surface area contributed by atoms with Crippen LogP contribution in [0.4, 0.5) is 0 Å². The van der Waals surface area contributed by atoms with Crippen molar-refractivity contribution in [1.82, 2.24) is 5.32 Å². The molecule has 0 spiro atoms. The quantitative estimate of drug-likeness (QED) is 0.611. The zero-order valence-corrected chi connectivity index (χ0v) is 8.10. The van der Waals surface area contributed by atoms with Gasteiger partial charge in [0.25, 0.3) is 0 Å². The second kappa shape index (κ2) is 4.63. The van der Waals surface area contributed by atoms with E-state index in [1.165, 1.54) is 12.8 Å². The van der Waals surface area contributed by atoms with Gasteiger partial charge in [-0.25, -0.2) is 0 Å². The van der Waals surface area contributed by atoms with Crippen molar-refractivity contribution in [2.24, 2.45) is 0 Å². The van der Waals surface area contributed by atoms with E-state index >= 15 is 0 Å². The summed E-state index contributed by atoms with van der Waals surface area (Å²) in [5, 5.41) is 3.40. The average Bonchev–Trinajstić information content (AvgIpc) is 2.80. The van der Waals surface area contributed by atoms with Crippen LogP contribution in [-0.4, -0.2) is 25.3 Å². The van der Waals surface area contributed by atoms with Gasteiger partial charge in [0.05, 0.1) is 12.7 Å². The van der Waals surface area contributed by atoms with E-state index in [1.807, 2.05) is 13.8 Å². The molecule has 0 heterocycles. The lowest BCUT2D eigenvalue weighted by atomic mass is 10.3. The summed E-state index contributed by atoms with van der Waals surface area (Å²) >= 11 is 0. The molecule has 0 aromatic carbocycles. The van der Waals surface area contributed by atoms with Gasteiger partial charge in [0, 0.05) is 12.6 Å². The van der Waals surface area contributed by atoms with E-state index in [4.69, 9.17) is 4.74 Å². The summed E-state index contributed by atoms with van der Waals surface area (Å²) in [6, 6.07) is 0.765. The Balaban J connectivity index is 1.95. The highest BCUT2D eigenvalue weighted by Gasteiger charge is 2.19. The molecular weight excluding hydrogens is 150 g/mol. The summed E-state index contributed by atoms with van der Waals surface area (Å²) in [6.07, 6.45) is 2.97. The Morgan fingerprint density at radius 2 is 2.25 bits per heavy atom. The Morgan fingerprint density at radius 3 is 2.75 bits per heavy atom. The molecule has 0 aromatic rings. The van der Waals surface area contributed by atoms with Crippen molar-refractivity contribution < 1.29 is 4.74 Å². The zero-order valence-electron chi connectivity index (χ0n) is 8.10. The highest BCUT2D eigenvalue weighted by molar-refractivity contribution is 4.99. The number of ether oxygens (including phenoxy) is 1. The van der Waals surface area contributed by atoms with Gasteiger partial charge in [0.1, 0.15) is 0 Å². The fraction of sp³-hybridized carbons (Fsp3) is 0.800. The third kappa shape index (κ3) is 4.52. The molecule has 0 bridgehead atoms. The number of rotatable bonds is 6. The molecule has 1 aliphatic rings. The molecule has 1 N–H and O–H groups in total. The van der Waals surface area contributed by atoms with Gasteiger partial charge < -0.3 is 10.1 Å². The van der Waals surface area contributed by atoms with Crippen molar-refractivity contribution >= 4 is 0 Å². The molecule has 1 rings (SSSR count). The maximum Gasteiger partial charge on any atom is 0.0689 e. The normalized spacial score (nSPS) is 16.9. The summed E-state index contributed by atoms with van der Waals surface area (Å²) in [6.45, 7) is 9.63. The smallest absolute Gasteiger partial charge is 0.0689 e. The topological polar surface area (TPSA) is 21.3 Å². The van der Waals surface area contributed by atoms with Crippen molar-refractivity contribution in [3.8, 4) is 0 Å². The second-order valence-electron chi connectivity index (χ2n) is 3.76. The largest absolute Gasteiger partial charge is 0.374 e. The minimum Gasteiger partial charge on any atom is -0.374 e. The molecule has 2 nitrogen and oxygen atoms in total. The van der Waals surface area contributed by atoms with Gasteiger partial charge in [0.15, 0.2) is 0 Å². The molecule has 12 heavy (non-hydrogen) atoms. The first-order valence-electron chi connectivity index (χ1n) is 4.70. The van der Waals surface area contributed by atoms with E-state index in [0.717, 1.165) is 18.2 Å². The molecule has 1 aliphatic carbocycles. The molecule has 0 amide bonds. The van der Waals surface area contributed by atoms with E-state index in [0.29, 0.717) is 12.7 Å². The van der Waals surface area contributed by atoms with Crippen molar-refractivity contribution in [2.75, 3.05) is 13.2 Å². The molecule has 0 saturated heterocycles. The minimum atomic E-state index is 0.308. The third-order valence-electron chi connectivity index (χ3n) is 1.84. The van der Waals surface area contributed by atoms with Gasteiger partial charge >= 0.3 is 0 Å². The van der Waals surface area contributed by atoms with E-state index in [9.17, 15) is 0 Å². The van der Waals surface area contributed by atoms with Crippen molar-refractivity contribution in [3.05, 3.63) is 12.2 Å². The fourth-order valence-electron chi connectivity index (χ4n) is 0.912.